The minimum atomic E-state index is 0.367. The minimum absolute atomic E-state index is 0.367. The van der Waals surface area contributed by atoms with Crippen LogP contribution in [0.15, 0.2) is 29.5 Å². The van der Waals surface area contributed by atoms with E-state index in [1.165, 1.54) is 5.56 Å². The topological polar surface area (TPSA) is 59.0 Å². The number of rotatable bonds is 9. The van der Waals surface area contributed by atoms with Gasteiger partial charge in [-0.1, -0.05) is 6.07 Å². The molecule has 1 aliphatic rings. The number of pyridine rings is 1. The number of piperidine rings is 1. The van der Waals surface area contributed by atoms with Crippen LogP contribution >= 0.6 is 0 Å². The lowest BCUT2D eigenvalue weighted by atomic mass is 10.1. The van der Waals surface area contributed by atoms with Crippen LogP contribution in [0.3, 0.4) is 0 Å². The van der Waals surface area contributed by atoms with Gasteiger partial charge in [0.1, 0.15) is 0 Å². The molecule has 0 bridgehead atoms. The molecule has 0 aliphatic carbocycles. The molecule has 0 amide bonds. The Morgan fingerprint density at radius 2 is 2.20 bits per heavy atom. The van der Waals surface area contributed by atoms with E-state index in [1.54, 1.807) is 13.3 Å². The van der Waals surface area contributed by atoms with Gasteiger partial charge in [0.15, 0.2) is 5.96 Å². The highest BCUT2D eigenvalue weighted by atomic mass is 16.5. The van der Waals surface area contributed by atoms with Crippen molar-refractivity contribution in [1.29, 1.82) is 0 Å². The first-order valence-electron chi connectivity index (χ1n) is 9.36. The highest BCUT2D eigenvalue weighted by Crippen LogP contribution is 2.14. The van der Waals surface area contributed by atoms with E-state index in [0.29, 0.717) is 6.10 Å². The Bertz CT molecular complexity index is 487. The van der Waals surface area contributed by atoms with Crippen molar-refractivity contribution in [1.82, 2.24) is 15.2 Å². The molecule has 0 radical (unpaired) electrons. The summed E-state index contributed by atoms with van der Waals surface area (Å²) in [5.41, 5.74) is 1.23. The molecule has 2 heterocycles. The molecule has 1 N–H and O–H groups in total. The maximum absolute atomic E-state index is 5.94. The smallest absolute Gasteiger partial charge is 0.193 e. The normalized spacial score (nSPS) is 16.2. The van der Waals surface area contributed by atoms with Gasteiger partial charge in [-0.15, -0.1) is 0 Å². The van der Waals surface area contributed by atoms with Crippen LogP contribution in [0.2, 0.25) is 0 Å². The molecular formula is C19H32N4O2. The third-order valence-electron chi connectivity index (χ3n) is 4.31. The molecule has 1 fully saturated rings. The van der Waals surface area contributed by atoms with Crippen molar-refractivity contribution in [2.45, 2.75) is 38.7 Å². The van der Waals surface area contributed by atoms with E-state index in [-0.39, 0.29) is 0 Å². The van der Waals surface area contributed by atoms with Gasteiger partial charge in [0.05, 0.1) is 6.10 Å². The van der Waals surface area contributed by atoms with Crippen molar-refractivity contribution < 1.29 is 9.47 Å². The summed E-state index contributed by atoms with van der Waals surface area (Å²) < 4.78 is 11.0. The summed E-state index contributed by atoms with van der Waals surface area (Å²) in [7, 11) is 1.73. The Labute approximate surface area is 151 Å². The summed E-state index contributed by atoms with van der Waals surface area (Å²) in [6.07, 6.45) is 8.08. The fourth-order valence-electron chi connectivity index (χ4n) is 2.95. The Morgan fingerprint density at radius 1 is 1.36 bits per heavy atom. The number of nitrogens with zero attached hydrogens (tertiary/aromatic N) is 3. The average molecular weight is 348 g/mol. The molecule has 1 aliphatic heterocycles. The Hall–Kier alpha value is -1.66. The predicted molar refractivity (Wildman–Crippen MR) is 101 cm³/mol. The lowest BCUT2D eigenvalue weighted by Gasteiger charge is -2.34. The number of hydrogen-bond acceptors (Lipinski definition) is 4. The lowest BCUT2D eigenvalue weighted by molar-refractivity contribution is 0.00991. The molecule has 6 heteroatoms. The first-order valence-corrected chi connectivity index (χ1v) is 9.36. The zero-order chi connectivity index (χ0) is 17.7. The van der Waals surface area contributed by atoms with E-state index in [1.807, 2.05) is 12.3 Å². The van der Waals surface area contributed by atoms with E-state index in [0.717, 1.165) is 71.0 Å². The van der Waals surface area contributed by atoms with Crippen LogP contribution < -0.4 is 5.32 Å². The molecule has 1 aromatic rings. The number of methoxy groups -OCH3 is 1. The second kappa shape index (κ2) is 11.8. The van der Waals surface area contributed by atoms with Crippen molar-refractivity contribution in [3.8, 4) is 0 Å². The quantitative estimate of drug-likeness (QED) is 0.421. The molecule has 1 saturated heterocycles. The molecule has 0 saturated carbocycles. The molecule has 0 unspecified atom stereocenters. The van der Waals surface area contributed by atoms with Crippen LogP contribution in [0.1, 0.15) is 31.7 Å². The van der Waals surface area contributed by atoms with Crippen molar-refractivity contribution in [3.05, 3.63) is 30.1 Å². The Morgan fingerprint density at radius 3 is 2.88 bits per heavy atom. The summed E-state index contributed by atoms with van der Waals surface area (Å²) >= 11 is 0. The van der Waals surface area contributed by atoms with Gasteiger partial charge in [-0.25, -0.2) is 0 Å². The maximum Gasteiger partial charge on any atom is 0.193 e. The summed E-state index contributed by atoms with van der Waals surface area (Å²) in [6, 6.07) is 4.07. The monoisotopic (exact) mass is 348 g/mol. The first kappa shape index (κ1) is 19.7. The van der Waals surface area contributed by atoms with Gasteiger partial charge in [0.25, 0.3) is 0 Å². The van der Waals surface area contributed by atoms with Gasteiger partial charge in [0.2, 0.25) is 0 Å². The third-order valence-corrected chi connectivity index (χ3v) is 4.31. The fourth-order valence-corrected chi connectivity index (χ4v) is 2.95. The van der Waals surface area contributed by atoms with Crippen molar-refractivity contribution in [2.75, 3.05) is 46.5 Å². The summed E-state index contributed by atoms with van der Waals surface area (Å²) in [5, 5.41) is 3.42. The number of hydrogen-bond donors (Lipinski definition) is 1. The van der Waals surface area contributed by atoms with Crippen molar-refractivity contribution in [3.63, 3.8) is 0 Å². The summed E-state index contributed by atoms with van der Waals surface area (Å²) in [6.45, 7) is 7.33. The van der Waals surface area contributed by atoms with Gasteiger partial charge in [0, 0.05) is 58.9 Å². The number of nitrogens with one attached hydrogen (secondary N) is 1. The van der Waals surface area contributed by atoms with Gasteiger partial charge < -0.3 is 19.7 Å². The largest absolute Gasteiger partial charge is 0.385 e. The zero-order valence-corrected chi connectivity index (χ0v) is 15.6. The lowest BCUT2D eigenvalue weighted by Crippen LogP contribution is -2.47. The zero-order valence-electron chi connectivity index (χ0n) is 15.6. The van der Waals surface area contributed by atoms with E-state index in [4.69, 9.17) is 14.5 Å². The van der Waals surface area contributed by atoms with Crippen LogP contribution in [-0.2, 0) is 15.9 Å². The maximum atomic E-state index is 5.94. The van der Waals surface area contributed by atoms with Crippen LogP contribution in [0.4, 0.5) is 0 Å². The third kappa shape index (κ3) is 7.40. The number of guanidine groups is 1. The highest BCUT2D eigenvalue weighted by molar-refractivity contribution is 5.80. The number of likely N-dealkylation sites (tertiary alicyclic amines) is 1. The minimum Gasteiger partial charge on any atom is -0.385 e. The van der Waals surface area contributed by atoms with Gasteiger partial charge in [-0.2, -0.15) is 0 Å². The van der Waals surface area contributed by atoms with Crippen molar-refractivity contribution in [2.24, 2.45) is 4.99 Å². The van der Waals surface area contributed by atoms with Crippen LogP contribution in [0.5, 0.6) is 0 Å². The first-order chi connectivity index (χ1) is 12.3. The van der Waals surface area contributed by atoms with Gasteiger partial charge in [-0.3, -0.25) is 9.98 Å². The number of aromatic nitrogens is 1. The van der Waals surface area contributed by atoms with Crippen molar-refractivity contribution >= 4 is 5.96 Å². The highest BCUT2D eigenvalue weighted by Gasteiger charge is 2.21. The molecule has 140 valence electrons. The van der Waals surface area contributed by atoms with Gasteiger partial charge in [-0.05, 0) is 44.2 Å². The molecule has 0 spiro atoms. The van der Waals surface area contributed by atoms with Crippen LogP contribution in [0.25, 0.3) is 0 Å². The Balaban J connectivity index is 1.75. The van der Waals surface area contributed by atoms with E-state index in [9.17, 15) is 0 Å². The number of ether oxygens (including phenoxy) is 2. The van der Waals surface area contributed by atoms with E-state index in [2.05, 4.69) is 28.2 Å². The summed E-state index contributed by atoms with van der Waals surface area (Å²) in [4.78, 5) is 11.3. The second-order valence-corrected chi connectivity index (χ2v) is 6.25. The van der Waals surface area contributed by atoms with Gasteiger partial charge >= 0.3 is 0 Å². The molecular weight excluding hydrogens is 316 g/mol. The van der Waals surface area contributed by atoms with Crippen LogP contribution in [0, 0.1) is 0 Å². The molecule has 25 heavy (non-hydrogen) atoms. The van der Waals surface area contributed by atoms with E-state index >= 15 is 0 Å². The number of aliphatic imine (C=N–C) groups is 1. The van der Waals surface area contributed by atoms with Crippen LogP contribution in [-0.4, -0.2) is 68.4 Å². The SMILES string of the molecule is CCNC(=NCCc1cccnc1)N1CCC(OCCCOC)CC1. The Kier molecular flexibility index (Phi) is 9.29. The second-order valence-electron chi connectivity index (χ2n) is 6.25. The molecule has 0 aromatic carbocycles. The summed E-state index contributed by atoms with van der Waals surface area (Å²) in [5.74, 6) is 1.02. The van der Waals surface area contributed by atoms with E-state index < -0.39 is 0 Å². The molecule has 1 aromatic heterocycles. The molecule has 0 atom stereocenters. The molecule has 6 nitrogen and oxygen atoms in total. The predicted octanol–water partition coefficient (Wildman–Crippen LogP) is 2.11. The average Bonchev–Trinajstić information content (AvgIpc) is 2.66. The standard InChI is InChI=1S/C19H32N4O2/c1-3-21-19(22-11-7-17-6-4-10-20-16-17)23-12-8-18(9-13-23)25-15-5-14-24-2/h4,6,10,16,18H,3,5,7-9,11-15H2,1-2H3,(H,21,22). The fraction of sp³-hybridized carbons (Fsp3) is 0.684. The molecule has 2 rings (SSSR count).